The van der Waals surface area contributed by atoms with E-state index in [0.29, 0.717) is 0 Å². The normalized spacial score (nSPS) is 15.0. The Kier molecular flexibility index (Phi) is 4.52. The average molecular weight is 156 g/mol. The molecule has 0 aliphatic heterocycles. The van der Waals surface area contributed by atoms with Crippen LogP contribution in [0, 0.1) is 0 Å². The summed E-state index contributed by atoms with van der Waals surface area (Å²) in [4.78, 5) is 0. The van der Waals surface area contributed by atoms with E-state index in [2.05, 4.69) is 37.9 Å². The van der Waals surface area contributed by atoms with Gasteiger partial charge in [-0.2, -0.15) is 37.9 Å². The Balaban J connectivity index is 3.14. The minimum atomic E-state index is -0.131. The van der Waals surface area contributed by atoms with E-state index in [1.165, 1.54) is 0 Å². The Hall–Kier alpha value is 1.01. The Morgan fingerprint density at radius 1 is 1.29 bits per heavy atom. The predicted molar refractivity (Wildman–Crippen MR) is 41.6 cm³/mol. The molecule has 7 heavy (non-hydrogen) atoms. The Bertz CT molecular complexity index is 47.4. The fourth-order valence-corrected chi connectivity index (χ4v) is 0.283. The van der Waals surface area contributed by atoms with Crippen molar-refractivity contribution in [3.63, 3.8) is 0 Å². The first-order chi connectivity index (χ1) is 3.18. The topological polar surface area (TPSA) is 20.2 Å². The van der Waals surface area contributed by atoms with Crippen LogP contribution in [0.25, 0.3) is 0 Å². The highest BCUT2D eigenvalue weighted by atomic mass is 32.2. The molecule has 0 radical (unpaired) electrons. The molecule has 1 atom stereocenters. The third-order valence-electron chi connectivity index (χ3n) is 0.531. The number of aliphatic hydroxyl groups excluding tert-OH is 1. The maximum Gasteiger partial charge on any atom is 0.0580 e. The first kappa shape index (κ1) is 8.01. The summed E-state index contributed by atoms with van der Waals surface area (Å²) in [6, 6.07) is 0. The van der Waals surface area contributed by atoms with Crippen LogP contribution in [0.15, 0.2) is 0 Å². The van der Waals surface area contributed by atoms with Crippen LogP contribution in [0.2, 0.25) is 0 Å². The van der Waals surface area contributed by atoms with Gasteiger partial charge in [0.05, 0.1) is 11.2 Å². The number of hydrogen-bond acceptors (Lipinski definition) is 4. The van der Waals surface area contributed by atoms with Gasteiger partial charge in [-0.25, -0.2) is 0 Å². The van der Waals surface area contributed by atoms with Crippen molar-refractivity contribution in [3.8, 4) is 0 Å². The second kappa shape index (κ2) is 3.95. The van der Waals surface area contributed by atoms with Crippen molar-refractivity contribution in [1.29, 1.82) is 0 Å². The van der Waals surface area contributed by atoms with Gasteiger partial charge in [0.2, 0.25) is 0 Å². The summed E-state index contributed by atoms with van der Waals surface area (Å²) in [6.07, 6.45) is 0. The quantitative estimate of drug-likeness (QED) is 0.338. The van der Waals surface area contributed by atoms with Gasteiger partial charge in [-0.3, -0.25) is 0 Å². The second-order valence-corrected chi connectivity index (χ2v) is 3.35. The van der Waals surface area contributed by atoms with Gasteiger partial charge in [0, 0.05) is 5.25 Å². The monoisotopic (exact) mass is 156 g/mol. The summed E-state index contributed by atoms with van der Waals surface area (Å²) in [5, 5.41) is 8.21. The lowest BCUT2D eigenvalue weighted by molar-refractivity contribution is 0.300. The van der Waals surface area contributed by atoms with Crippen molar-refractivity contribution in [2.45, 2.75) is 9.83 Å². The molecule has 44 valence electrons. The zero-order chi connectivity index (χ0) is 5.86. The molecule has 0 bridgehead atoms. The van der Waals surface area contributed by atoms with Crippen molar-refractivity contribution in [1.82, 2.24) is 0 Å². The van der Waals surface area contributed by atoms with Crippen molar-refractivity contribution >= 4 is 37.9 Å². The first-order valence-electron chi connectivity index (χ1n) is 1.83. The standard InChI is InChI=1S/C3H8OS3/c4-1-2(5)3(6)7/h2-7H,1H2. The molecule has 0 aromatic heterocycles. The van der Waals surface area contributed by atoms with Gasteiger partial charge < -0.3 is 5.11 Å². The highest BCUT2D eigenvalue weighted by Crippen LogP contribution is 2.10. The fourth-order valence-electron chi connectivity index (χ4n) is 0.0943. The molecule has 0 aromatic rings. The molecule has 0 aliphatic carbocycles. The molecule has 0 amide bonds. The number of thiol groups is 3. The fraction of sp³-hybridized carbons (Fsp3) is 1.00. The molecule has 0 saturated heterocycles. The summed E-state index contributed by atoms with van der Waals surface area (Å²) >= 11 is 11.7. The van der Waals surface area contributed by atoms with Gasteiger partial charge >= 0.3 is 0 Å². The minimum Gasteiger partial charge on any atom is -0.395 e. The molecule has 4 heteroatoms. The maximum atomic E-state index is 8.33. The molecule has 0 heterocycles. The van der Waals surface area contributed by atoms with Crippen LogP contribution < -0.4 is 0 Å². The SMILES string of the molecule is OCC(S)C(S)S. The van der Waals surface area contributed by atoms with Crippen LogP contribution in [0.1, 0.15) is 0 Å². The van der Waals surface area contributed by atoms with Crippen molar-refractivity contribution in [3.05, 3.63) is 0 Å². The summed E-state index contributed by atoms with van der Waals surface area (Å²) in [5.41, 5.74) is 0. The molecule has 1 nitrogen and oxygen atoms in total. The molecule has 0 aliphatic rings. The van der Waals surface area contributed by atoms with E-state index >= 15 is 0 Å². The van der Waals surface area contributed by atoms with Gasteiger partial charge in [-0.05, 0) is 0 Å². The predicted octanol–water partition coefficient (Wildman–Crippen LogP) is 0.463. The van der Waals surface area contributed by atoms with Crippen LogP contribution in [0.4, 0.5) is 0 Å². The van der Waals surface area contributed by atoms with E-state index in [4.69, 9.17) is 5.11 Å². The third-order valence-corrected chi connectivity index (χ3v) is 2.18. The van der Waals surface area contributed by atoms with Gasteiger partial charge in [-0.1, -0.05) is 0 Å². The molecular formula is C3H8OS3. The van der Waals surface area contributed by atoms with Crippen LogP contribution >= 0.6 is 37.9 Å². The number of hydrogen-bond donors (Lipinski definition) is 4. The van der Waals surface area contributed by atoms with E-state index in [-0.39, 0.29) is 16.4 Å². The summed E-state index contributed by atoms with van der Waals surface area (Å²) < 4.78 is -0.131. The van der Waals surface area contributed by atoms with Crippen molar-refractivity contribution < 1.29 is 5.11 Å². The lowest BCUT2D eigenvalue weighted by Crippen LogP contribution is -2.12. The zero-order valence-electron chi connectivity index (χ0n) is 3.65. The maximum absolute atomic E-state index is 8.33. The third kappa shape index (κ3) is 3.58. The van der Waals surface area contributed by atoms with Crippen molar-refractivity contribution in [2.24, 2.45) is 0 Å². The van der Waals surface area contributed by atoms with E-state index in [0.717, 1.165) is 0 Å². The zero-order valence-corrected chi connectivity index (χ0v) is 6.33. The Labute approximate surface area is 59.7 Å². The second-order valence-electron chi connectivity index (χ2n) is 1.16. The van der Waals surface area contributed by atoms with E-state index in [1.807, 2.05) is 0 Å². The number of aliphatic hydroxyl groups is 1. The molecular weight excluding hydrogens is 148 g/mol. The summed E-state index contributed by atoms with van der Waals surface area (Å²) in [7, 11) is 0. The van der Waals surface area contributed by atoms with Gasteiger partial charge in [0.15, 0.2) is 0 Å². The molecule has 0 aromatic carbocycles. The van der Waals surface area contributed by atoms with Gasteiger partial charge in [-0.15, -0.1) is 0 Å². The van der Waals surface area contributed by atoms with E-state index < -0.39 is 0 Å². The van der Waals surface area contributed by atoms with Crippen molar-refractivity contribution in [2.75, 3.05) is 6.61 Å². The highest BCUT2D eigenvalue weighted by Gasteiger charge is 2.05. The lowest BCUT2D eigenvalue weighted by Gasteiger charge is -2.07. The van der Waals surface area contributed by atoms with Gasteiger partial charge in [0.25, 0.3) is 0 Å². The Morgan fingerprint density at radius 3 is 1.71 bits per heavy atom. The van der Waals surface area contributed by atoms with E-state index in [9.17, 15) is 0 Å². The summed E-state index contributed by atoms with van der Waals surface area (Å²) in [5.74, 6) is 0. The van der Waals surface area contributed by atoms with Crippen LogP contribution in [0.3, 0.4) is 0 Å². The first-order valence-corrected chi connectivity index (χ1v) is 3.38. The highest BCUT2D eigenvalue weighted by molar-refractivity contribution is 8.00. The number of rotatable bonds is 2. The lowest BCUT2D eigenvalue weighted by atomic mass is 10.5. The van der Waals surface area contributed by atoms with Crippen LogP contribution in [-0.4, -0.2) is 21.5 Å². The molecule has 0 rings (SSSR count). The molecule has 0 spiro atoms. The Morgan fingerprint density at radius 2 is 1.71 bits per heavy atom. The molecule has 1 unspecified atom stereocenters. The smallest absolute Gasteiger partial charge is 0.0580 e. The molecule has 0 fully saturated rings. The average Bonchev–Trinajstić information content (AvgIpc) is 1.65. The minimum absolute atomic E-state index is 0.0285. The largest absolute Gasteiger partial charge is 0.395 e. The molecule has 0 saturated carbocycles. The van der Waals surface area contributed by atoms with Gasteiger partial charge in [0.1, 0.15) is 0 Å². The summed E-state index contributed by atoms with van der Waals surface area (Å²) in [6.45, 7) is 0.0285. The molecule has 1 N–H and O–H groups in total. The van der Waals surface area contributed by atoms with Crippen LogP contribution in [-0.2, 0) is 0 Å². The van der Waals surface area contributed by atoms with E-state index in [1.54, 1.807) is 0 Å². The van der Waals surface area contributed by atoms with Crippen LogP contribution in [0.5, 0.6) is 0 Å².